The van der Waals surface area contributed by atoms with Crippen LogP contribution in [0.3, 0.4) is 0 Å². The topological polar surface area (TPSA) is 84.6 Å². The Labute approximate surface area is 170 Å². The third-order valence-electron chi connectivity index (χ3n) is 5.41. The zero-order chi connectivity index (χ0) is 22.3. The molecular formula is C21H18F3N3O3. The van der Waals surface area contributed by atoms with Crippen molar-refractivity contribution in [2.24, 2.45) is 5.92 Å². The van der Waals surface area contributed by atoms with E-state index >= 15 is 0 Å². The molecule has 0 radical (unpaired) electrons. The third-order valence-corrected chi connectivity index (χ3v) is 5.41. The predicted octanol–water partition coefficient (Wildman–Crippen LogP) is 3.35. The summed E-state index contributed by atoms with van der Waals surface area (Å²) in [7, 11) is 2.08. The van der Waals surface area contributed by atoms with E-state index in [1.165, 1.54) is 55.6 Å². The van der Waals surface area contributed by atoms with Gasteiger partial charge in [-0.15, -0.1) is 0 Å². The van der Waals surface area contributed by atoms with Gasteiger partial charge >= 0.3 is 12.2 Å². The van der Waals surface area contributed by atoms with Crippen LogP contribution in [-0.2, 0) is 0 Å². The van der Waals surface area contributed by atoms with Crippen molar-refractivity contribution >= 4 is 11.8 Å². The Hall–Kier alpha value is -3.38. The van der Waals surface area contributed by atoms with Gasteiger partial charge in [-0.1, -0.05) is 42.5 Å². The summed E-state index contributed by atoms with van der Waals surface area (Å²) in [6.07, 6.45) is -5.31. The molecule has 3 unspecified atom stereocenters. The van der Waals surface area contributed by atoms with Gasteiger partial charge in [-0.05, 0) is 17.7 Å². The predicted molar refractivity (Wildman–Crippen MR) is 100 cm³/mol. The number of nitrogens with zero attached hydrogens (tertiary/aromatic N) is 3. The molecule has 1 aliphatic heterocycles. The molecule has 1 N–H and O–H groups in total. The lowest BCUT2D eigenvalue weighted by atomic mass is 9.75. The van der Waals surface area contributed by atoms with E-state index in [4.69, 9.17) is 5.26 Å². The Morgan fingerprint density at radius 2 is 1.67 bits per heavy atom. The van der Waals surface area contributed by atoms with E-state index in [1.807, 2.05) is 6.07 Å². The van der Waals surface area contributed by atoms with Crippen LogP contribution in [0, 0.1) is 17.2 Å². The van der Waals surface area contributed by atoms with Crippen molar-refractivity contribution in [2.75, 3.05) is 14.1 Å². The molecule has 0 spiro atoms. The molecule has 2 amide bonds. The standard InChI is InChI=1S/C21H18F3N3O3/c1-26-17(14-10-8-13(12-25)9-11-14)16(18(28)15-6-4-3-5-7-15)20(30,21(22,23)24)27(2)19(26)29/h3-11,16-17,30H,1-2H3. The average molecular weight is 417 g/mol. The number of nitriles is 1. The van der Waals surface area contributed by atoms with Crippen LogP contribution in [0.4, 0.5) is 18.0 Å². The first-order valence-corrected chi connectivity index (χ1v) is 8.93. The highest BCUT2D eigenvalue weighted by Gasteiger charge is 2.70. The van der Waals surface area contributed by atoms with E-state index in [0.717, 1.165) is 11.9 Å². The summed E-state index contributed by atoms with van der Waals surface area (Å²) in [5.74, 6) is -3.03. The van der Waals surface area contributed by atoms with E-state index < -0.39 is 35.7 Å². The monoisotopic (exact) mass is 417 g/mol. The van der Waals surface area contributed by atoms with Crippen LogP contribution in [-0.4, -0.2) is 52.7 Å². The molecule has 2 aromatic rings. The fourth-order valence-corrected chi connectivity index (χ4v) is 3.80. The summed E-state index contributed by atoms with van der Waals surface area (Å²) in [6.45, 7) is 0. The summed E-state index contributed by atoms with van der Waals surface area (Å²) in [6, 6.07) is 12.2. The van der Waals surface area contributed by atoms with Crippen LogP contribution in [0.25, 0.3) is 0 Å². The number of Topliss-reactive ketones (excluding diaryl/α,β-unsaturated/α-hetero) is 1. The molecule has 1 fully saturated rings. The molecule has 0 saturated carbocycles. The first-order valence-electron chi connectivity index (χ1n) is 8.93. The highest BCUT2D eigenvalue weighted by atomic mass is 19.4. The van der Waals surface area contributed by atoms with Crippen LogP contribution in [0.5, 0.6) is 0 Å². The summed E-state index contributed by atoms with van der Waals surface area (Å²) in [5, 5.41) is 19.9. The minimum atomic E-state index is -5.31. The molecule has 0 aliphatic carbocycles. The van der Waals surface area contributed by atoms with Crippen molar-refractivity contribution in [1.29, 1.82) is 5.26 Å². The second-order valence-electron chi connectivity index (χ2n) is 7.06. The number of benzene rings is 2. The Morgan fingerprint density at radius 1 is 1.10 bits per heavy atom. The largest absolute Gasteiger partial charge is 0.437 e. The maximum Gasteiger partial charge on any atom is 0.437 e. The molecule has 30 heavy (non-hydrogen) atoms. The van der Waals surface area contributed by atoms with Gasteiger partial charge < -0.3 is 10.0 Å². The van der Waals surface area contributed by atoms with Crippen LogP contribution < -0.4 is 0 Å². The second-order valence-corrected chi connectivity index (χ2v) is 7.06. The SMILES string of the molecule is CN1C(=O)N(C)C(O)(C(F)(F)F)C(C(=O)c2ccccc2)C1c1ccc(C#N)cc1. The van der Waals surface area contributed by atoms with E-state index in [2.05, 4.69) is 0 Å². The number of amides is 2. The lowest BCUT2D eigenvalue weighted by Gasteiger charge is -2.53. The number of aliphatic hydroxyl groups is 1. The smallest absolute Gasteiger partial charge is 0.363 e. The lowest BCUT2D eigenvalue weighted by molar-refractivity contribution is -0.328. The number of hydrogen-bond acceptors (Lipinski definition) is 4. The first-order chi connectivity index (χ1) is 14.0. The van der Waals surface area contributed by atoms with Crippen molar-refractivity contribution in [3.05, 3.63) is 71.3 Å². The summed E-state index contributed by atoms with van der Waals surface area (Å²) in [5.41, 5.74) is -3.31. The van der Waals surface area contributed by atoms with Gasteiger partial charge in [0.2, 0.25) is 0 Å². The van der Waals surface area contributed by atoms with Gasteiger partial charge in [0.1, 0.15) is 5.92 Å². The summed E-state index contributed by atoms with van der Waals surface area (Å²) in [4.78, 5) is 27.1. The van der Waals surface area contributed by atoms with Crippen molar-refractivity contribution in [3.63, 3.8) is 0 Å². The van der Waals surface area contributed by atoms with Gasteiger partial charge in [0.25, 0.3) is 5.72 Å². The van der Waals surface area contributed by atoms with E-state index in [1.54, 1.807) is 6.07 Å². The number of ketones is 1. The molecule has 2 aromatic carbocycles. The van der Waals surface area contributed by atoms with Crippen LogP contribution in [0.1, 0.15) is 27.5 Å². The quantitative estimate of drug-likeness (QED) is 0.777. The molecule has 1 saturated heterocycles. The molecule has 6 nitrogen and oxygen atoms in total. The van der Waals surface area contributed by atoms with Crippen LogP contribution >= 0.6 is 0 Å². The zero-order valence-electron chi connectivity index (χ0n) is 16.1. The second kappa shape index (κ2) is 7.46. The van der Waals surface area contributed by atoms with Crippen molar-refractivity contribution < 1.29 is 27.9 Å². The number of alkyl halides is 3. The minimum Gasteiger partial charge on any atom is -0.363 e. The molecule has 3 rings (SSSR count). The average Bonchev–Trinajstić information content (AvgIpc) is 2.74. The number of carbonyl (C=O) groups excluding carboxylic acids is 2. The van der Waals surface area contributed by atoms with Gasteiger partial charge in [-0.3, -0.25) is 9.69 Å². The van der Waals surface area contributed by atoms with Crippen LogP contribution in [0.15, 0.2) is 54.6 Å². The number of halogens is 3. The number of carbonyl (C=O) groups is 2. The minimum absolute atomic E-state index is 0.0278. The van der Waals surface area contributed by atoms with Crippen molar-refractivity contribution in [1.82, 2.24) is 9.80 Å². The molecule has 0 bridgehead atoms. The molecule has 156 valence electrons. The van der Waals surface area contributed by atoms with Gasteiger partial charge in [0, 0.05) is 19.7 Å². The number of urea groups is 1. The molecular weight excluding hydrogens is 399 g/mol. The Balaban J connectivity index is 2.26. The lowest BCUT2D eigenvalue weighted by Crippen LogP contribution is -2.73. The molecule has 1 heterocycles. The molecule has 0 aromatic heterocycles. The van der Waals surface area contributed by atoms with Gasteiger partial charge in [0.05, 0.1) is 17.7 Å². The summed E-state index contributed by atoms with van der Waals surface area (Å²) < 4.78 is 42.5. The van der Waals surface area contributed by atoms with Gasteiger partial charge in [0.15, 0.2) is 5.78 Å². The molecule has 3 atom stereocenters. The fraction of sp³-hybridized carbons (Fsp3) is 0.286. The Morgan fingerprint density at radius 3 is 2.17 bits per heavy atom. The zero-order valence-corrected chi connectivity index (χ0v) is 16.1. The van der Waals surface area contributed by atoms with Crippen molar-refractivity contribution in [2.45, 2.75) is 17.9 Å². The van der Waals surface area contributed by atoms with Gasteiger partial charge in [-0.2, -0.15) is 18.4 Å². The fourth-order valence-electron chi connectivity index (χ4n) is 3.80. The third kappa shape index (κ3) is 3.19. The summed E-state index contributed by atoms with van der Waals surface area (Å²) >= 11 is 0. The Kier molecular flexibility index (Phi) is 5.31. The number of rotatable bonds is 3. The maximum atomic E-state index is 14.2. The van der Waals surface area contributed by atoms with E-state index in [-0.39, 0.29) is 21.6 Å². The van der Waals surface area contributed by atoms with E-state index in [0.29, 0.717) is 0 Å². The molecule has 9 heteroatoms. The van der Waals surface area contributed by atoms with Crippen LogP contribution in [0.2, 0.25) is 0 Å². The maximum absolute atomic E-state index is 14.2. The van der Waals surface area contributed by atoms with Crippen molar-refractivity contribution in [3.8, 4) is 6.07 Å². The number of hydrogen-bond donors (Lipinski definition) is 1. The van der Waals surface area contributed by atoms with E-state index in [9.17, 15) is 27.9 Å². The highest BCUT2D eigenvalue weighted by molar-refractivity contribution is 6.00. The van der Waals surface area contributed by atoms with Gasteiger partial charge in [-0.25, -0.2) is 4.79 Å². The first kappa shape index (κ1) is 21.3. The Bertz CT molecular complexity index is 1000. The molecule has 1 aliphatic rings. The highest BCUT2D eigenvalue weighted by Crippen LogP contribution is 2.50. The normalized spacial score (nSPS) is 24.5.